The Labute approximate surface area is 160 Å². The highest BCUT2D eigenvalue weighted by molar-refractivity contribution is 6.31. The van der Waals surface area contributed by atoms with Gasteiger partial charge in [-0.05, 0) is 53.6 Å². The Morgan fingerprint density at radius 3 is 2.67 bits per heavy atom. The zero-order chi connectivity index (χ0) is 19.0. The molecule has 0 unspecified atom stereocenters. The molecule has 1 aromatic heterocycles. The first-order chi connectivity index (χ1) is 13.0. The zero-order valence-electron chi connectivity index (χ0n) is 14.5. The number of halogens is 1. The number of phenols is 1. The van der Waals surface area contributed by atoms with E-state index in [1.807, 2.05) is 42.5 Å². The van der Waals surface area contributed by atoms with E-state index in [1.54, 1.807) is 25.1 Å². The Kier molecular flexibility index (Phi) is 4.30. The van der Waals surface area contributed by atoms with Gasteiger partial charge in [0.25, 0.3) is 5.91 Å². The van der Waals surface area contributed by atoms with Crippen LogP contribution in [0.2, 0.25) is 5.02 Å². The molecule has 0 aliphatic heterocycles. The predicted molar refractivity (Wildman–Crippen MR) is 107 cm³/mol. The van der Waals surface area contributed by atoms with Crippen LogP contribution in [0.3, 0.4) is 0 Å². The molecule has 27 heavy (non-hydrogen) atoms. The molecule has 0 aliphatic carbocycles. The smallest absolute Gasteiger partial charge is 0.273 e. The maximum atomic E-state index is 12.5. The highest BCUT2D eigenvalue weighted by atomic mass is 35.5. The molecule has 0 bridgehead atoms. The molecular weight excluding hydrogens is 362 g/mol. The van der Waals surface area contributed by atoms with Crippen molar-refractivity contribution in [3.05, 3.63) is 76.9 Å². The highest BCUT2D eigenvalue weighted by Gasteiger charge is 2.15. The fourth-order valence-corrected chi connectivity index (χ4v) is 3.08. The lowest BCUT2D eigenvalue weighted by Gasteiger charge is -2.05. The number of anilines is 1. The number of amides is 1. The zero-order valence-corrected chi connectivity index (χ0v) is 15.2. The lowest BCUT2D eigenvalue weighted by atomic mass is 10.1. The van der Waals surface area contributed by atoms with Crippen LogP contribution in [0.5, 0.6) is 5.75 Å². The molecule has 4 aromatic rings. The van der Waals surface area contributed by atoms with E-state index in [-0.39, 0.29) is 17.4 Å². The van der Waals surface area contributed by atoms with Crippen molar-refractivity contribution in [2.24, 2.45) is 0 Å². The maximum Gasteiger partial charge on any atom is 0.273 e. The van der Waals surface area contributed by atoms with E-state index in [0.29, 0.717) is 22.0 Å². The molecule has 1 heterocycles. The van der Waals surface area contributed by atoms with E-state index in [0.717, 1.165) is 16.3 Å². The summed E-state index contributed by atoms with van der Waals surface area (Å²) in [5.74, 6) is -0.258. The number of aromatic nitrogens is 2. The van der Waals surface area contributed by atoms with Gasteiger partial charge in [0.15, 0.2) is 0 Å². The van der Waals surface area contributed by atoms with Crippen LogP contribution in [0.15, 0.2) is 60.7 Å². The number of carbonyl (C=O) groups is 1. The molecule has 3 aromatic carbocycles. The topological polar surface area (TPSA) is 78.0 Å². The van der Waals surface area contributed by atoms with Crippen LogP contribution < -0.4 is 5.32 Å². The van der Waals surface area contributed by atoms with Crippen LogP contribution in [0.4, 0.5) is 5.69 Å². The number of fused-ring (bicyclic) bond motifs is 1. The first-order valence-corrected chi connectivity index (χ1v) is 8.74. The normalized spacial score (nSPS) is 10.9. The molecule has 1 amide bonds. The number of phenolic OH excluding ortho intramolecular Hbond substituents is 1. The van der Waals surface area contributed by atoms with Crippen molar-refractivity contribution in [2.45, 2.75) is 6.92 Å². The maximum absolute atomic E-state index is 12.5. The third kappa shape index (κ3) is 3.37. The molecule has 3 N–H and O–H groups in total. The van der Waals surface area contributed by atoms with E-state index in [4.69, 9.17) is 11.6 Å². The Hall–Kier alpha value is -3.31. The molecule has 0 fully saturated rings. The molecule has 4 rings (SSSR count). The predicted octanol–water partition coefficient (Wildman–Crippen LogP) is 5.15. The van der Waals surface area contributed by atoms with Gasteiger partial charge >= 0.3 is 0 Å². The summed E-state index contributed by atoms with van der Waals surface area (Å²) in [5.41, 5.74) is 2.65. The van der Waals surface area contributed by atoms with E-state index in [9.17, 15) is 9.90 Å². The Balaban J connectivity index is 1.59. The number of aryl methyl sites for hydroxylation is 1. The van der Waals surface area contributed by atoms with Crippen LogP contribution in [0, 0.1) is 6.92 Å². The van der Waals surface area contributed by atoms with Crippen LogP contribution in [-0.4, -0.2) is 21.2 Å². The van der Waals surface area contributed by atoms with E-state index in [1.165, 1.54) is 0 Å². The number of H-pyrrole nitrogens is 1. The summed E-state index contributed by atoms with van der Waals surface area (Å²) in [5, 5.41) is 22.5. The number of nitrogens with zero attached hydrogens (tertiary/aromatic N) is 1. The van der Waals surface area contributed by atoms with Crippen LogP contribution >= 0.6 is 11.6 Å². The van der Waals surface area contributed by atoms with Crippen molar-refractivity contribution < 1.29 is 9.90 Å². The summed E-state index contributed by atoms with van der Waals surface area (Å²) in [6, 6.07) is 18.4. The van der Waals surface area contributed by atoms with Crippen molar-refractivity contribution in [3.8, 4) is 17.0 Å². The molecule has 5 nitrogen and oxygen atoms in total. The van der Waals surface area contributed by atoms with Gasteiger partial charge in [-0.1, -0.05) is 41.9 Å². The van der Waals surface area contributed by atoms with Gasteiger partial charge in [-0.2, -0.15) is 5.10 Å². The Morgan fingerprint density at radius 1 is 1.07 bits per heavy atom. The third-order valence-corrected chi connectivity index (χ3v) is 4.79. The monoisotopic (exact) mass is 377 g/mol. The average molecular weight is 378 g/mol. The fraction of sp³-hybridized carbons (Fsp3) is 0.0476. The SMILES string of the molecule is Cc1cc(O)c(-c2cc(C(=O)Nc3ccc4ccccc4c3)[nH]n2)cc1Cl. The van der Waals surface area contributed by atoms with Gasteiger partial charge in [-0.15, -0.1) is 0 Å². The van der Waals surface area contributed by atoms with E-state index in [2.05, 4.69) is 15.5 Å². The fourth-order valence-electron chi connectivity index (χ4n) is 2.91. The molecular formula is C21H16ClN3O2. The van der Waals surface area contributed by atoms with Gasteiger partial charge in [0.05, 0.1) is 5.69 Å². The minimum absolute atomic E-state index is 0.0601. The number of aromatic hydroxyl groups is 1. The second kappa shape index (κ2) is 6.78. The van der Waals surface area contributed by atoms with Gasteiger partial charge in [0.1, 0.15) is 11.4 Å². The van der Waals surface area contributed by atoms with Crippen LogP contribution in [0.25, 0.3) is 22.0 Å². The number of carbonyl (C=O) groups excluding carboxylic acids is 1. The molecule has 0 atom stereocenters. The number of benzene rings is 3. The summed E-state index contributed by atoms with van der Waals surface area (Å²) in [6.45, 7) is 1.80. The molecule has 0 aliphatic rings. The van der Waals surface area contributed by atoms with E-state index >= 15 is 0 Å². The average Bonchev–Trinajstić information content (AvgIpc) is 3.14. The van der Waals surface area contributed by atoms with Crippen LogP contribution in [-0.2, 0) is 0 Å². The molecule has 6 heteroatoms. The molecule has 134 valence electrons. The Morgan fingerprint density at radius 2 is 1.85 bits per heavy atom. The summed E-state index contributed by atoms with van der Waals surface area (Å²) < 4.78 is 0. The highest BCUT2D eigenvalue weighted by Crippen LogP contribution is 2.33. The molecule has 0 spiro atoms. The van der Waals surface area contributed by atoms with Gasteiger partial charge in [0, 0.05) is 16.3 Å². The largest absolute Gasteiger partial charge is 0.507 e. The lowest BCUT2D eigenvalue weighted by molar-refractivity contribution is 0.102. The number of nitrogens with one attached hydrogen (secondary N) is 2. The molecule has 0 saturated carbocycles. The van der Waals surface area contributed by atoms with Crippen molar-refractivity contribution in [3.63, 3.8) is 0 Å². The summed E-state index contributed by atoms with van der Waals surface area (Å²) >= 11 is 6.13. The van der Waals surface area contributed by atoms with Gasteiger partial charge in [-0.3, -0.25) is 9.89 Å². The molecule has 0 saturated heterocycles. The standard InChI is InChI=1S/C21H16ClN3O2/c1-12-8-20(26)16(10-17(12)22)18-11-19(25-24-18)21(27)23-15-7-6-13-4-2-3-5-14(13)9-15/h2-11,26H,1H3,(H,23,27)(H,24,25). The van der Waals surface area contributed by atoms with Crippen molar-refractivity contribution >= 4 is 34.0 Å². The van der Waals surface area contributed by atoms with E-state index < -0.39 is 0 Å². The first-order valence-electron chi connectivity index (χ1n) is 8.36. The quantitative estimate of drug-likeness (QED) is 0.462. The van der Waals surface area contributed by atoms with Gasteiger partial charge in [-0.25, -0.2) is 0 Å². The van der Waals surface area contributed by atoms with Gasteiger partial charge in [0.2, 0.25) is 0 Å². The summed E-state index contributed by atoms with van der Waals surface area (Å²) in [4.78, 5) is 12.5. The second-order valence-corrected chi connectivity index (χ2v) is 6.71. The number of hydrogen-bond acceptors (Lipinski definition) is 3. The van der Waals surface area contributed by atoms with Crippen molar-refractivity contribution in [1.82, 2.24) is 10.2 Å². The minimum Gasteiger partial charge on any atom is -0.507 e. The van der Waals surface area contributed by atoms with Crippen molar-refractivity contribution in [2.75, 3.05) is 5.32 Å². The number of rotatable bonds is 3. The van der Waals surface area contributed by atoms with Crippen LogP contribution in [0.1, 0.15) is 16.1 Å². The summed E-state index contributed by atoms with van der Waals surface area (Å²) in [6.07, 6.45) is 0. The minimum atomic E-state index is -0.318. The molecule has 0 radical (unpaired) electrons. The first kappa shape index (κ1) is 17.1. The third-order valence-electron chi connectivity index (χ3n) is 4.38. The number of aromatic amines is 1. The lowest BCUT2D eigenvalue weighted by Crippen LogP contribution is -2.12. The number of hydrogen-bond donors (Lipinski definition) is 3. The second-order valence-electron chi connectivity index (χ2n) is 6.30. The van der Waals surface area contributed by atoms with Crippen molar-refractivity contribution in [1.29, 1.82) is 0 Å². The van der Waals surface area contributed by atoms with Gasteiger partial charge < -0.3 is 10.4 Å². The Bertz CT molecular complexity index is 1170. The summed E-state index contributed by atoms with van der Waals surface area (Å²) in [7, 11) is 0.